The Morgan fingerprint density at radius 1 is 0.467 bits per heavy atom. The highest BCUT2D eigenvalue weighted by Gasteiger charge is 2.07. The second kappa shape index (κ2) is 5.92. The van der Waals surface area contributed by atoms with E-state index in [1.165, 1.54) is 33.4 Å². The highest BCUT2D eigenvalue weighted by atomic mass is 16.4. The average molecular weight is 208 g/mol. The fourth-order valence-corrected chi connectivity index (χ4v) is 1.69. The van der Waals surface area contributed by atoms with Gasteiger partial charge in [0.15, 0.2) is 0 Å². The number of rotatable bonds is 0. The monoisotopic (exact) mass is 208 g/mol. The number of ether oxygens (including phenoxy) is 1. The van der Waals surface area contributed by atoms with Gasteiger partial charge in [-0.3, -0.25) is 0 Å². The lowest BCUT2D eigenvalue weighted by molar-refractivity contribution is 0.277. The molecular formula is C14H24O. The lowest BCUT2D eigenvalue weighted by atomic mass is 9.90. The molecule has 0 radical (unpaired) electrons. The smallest absolute Gasteiger partial charge is 0.0351 e. The van der Waals surface area contributed by atoms with Gasteiger partial charge in [0.05, 0.1) is 0 Å². The Bertz CT molecular complexity index is 233. The van der Waals surface area contributed by atoms with Crippen LogP contribution in [-0.4, -0.2) is 14.2 Å². The van der Waals surface area contributed by atoms with E-state index in [1.54, 1.807) is 14.2 Å². The summed E-state index contributed by atoms with van der Waals surface area (Å²) in [6, 6.07) is 0. The maximum absolute atomic E-state index is 4.25. The molecule has 15 heavy (non-hydrogen) atoms. The van der Waals surface area contributed by atoms with Crippen LogP contribution in [0.25, 0.3) is 0 Å². The van der Waals surface area contributed by atoms with Gasteiger partial charge in [-0.1, -0.05) is 0 Å². The van der Waals surface area contributed by atoms with Gasteiger partial charge in [0.25, 0.3) is 0 Å². The summed E-state index contributed by atoms with van der Waals surface area (Å²) in [5.41, 5.74) is 8.73. The van der Waals surface area contributed by atoms with Crippen LogP contribution in [0.4, 0.5) is 0 Å². The minimum atomic E-state index is 1.45. The van der Waals surface area contributed by atoms with Crippen molar-refractivity contribution in [3.8, 4) is 0 Å². The molecule has 0 fully saturated rings. The van der Waals surface area contributed by atoms with Gasteiger partial charge >= 0.3 is 0 Å². The number of hydrogen-bond donors (Lipinski definition) is 0. The van der Waals surface area contributed by atoms with E-state index in [9.17, 15) is 0 Å². The first kappa shape index (κ1) is 14.2. The molecule has 0 saturated carbocycles. The molecule has 0 unspecified atom stereocenters. The van der Waals surface area contributed by atoms with Crippen LogP contribution >= 0.6 is 0 Å². The third kappa shape index (κ3) is 3.07. The summed E-state index contributed by atoms with van der Waals surface area (Å²) in [5, 5.41) is 0. The highest BCUT2D eigenvalue weighted by Crippen LogP contribution is 2.24. The van der Waals surface area contributed by atoms with Crippen molar-refractivity contribution < 1.29 is 4.74 Å². The first-order valence-electron chi connectivity index (χ1n) is 5.32. The van der Waals surface area contributed by atoms with E-state index in [1.807, 2.05) is 0 Å². The summed E-state index contributed by atoms with van der Waals surface area (Å²) in [5.74, 6) is 0. The van der Waals surface area contributed by atoms with Crippen LogP contribution in [0, 0.1) is 41.5 Å². The fraction of sp³-hybridized carbons (Fsp3) is 0.571. The van der Waals surface area contributed by atoms with Gasteiger partial charge in [0.2, 0.25) is 0 Å². The molecule has 1 rings (SSSR count). The molecule has 0 saturated heterocycles. The standard InChI is InChI=1S/C12H18.C2H6O/c1-7-8(2)10(4)12(6)11(5)9(7)3;1-3-2/h1-6H3;1-2H3. The van der Waals surface area contributed by atoms with Gasteiger partial charge in [-0.15, -0.1) is 0 Å². The van der Waals surface area contributed by atoms with E-state index in [-0.39, 0.29) is 0 Å². The molecule has 0 bridgehead atoms. The quantitative estimate of drug-likeness (QED) is 0.630. The lowest BCUT2D eigenvalue weighted by Crippen LogP contribution is -1.98. The second-order valence-electron chi connectivity index (χ2n) is 4.16. The molecule has 0 aliphatic rings. The van der Waals surface area contributed by atoms with E-state index in [2.05, 4.69) is 46.3 Å². The van der Waals surface area contributed by atoms with Gasteiger partial charge in [-0.2, -0.15) is 0 Å². The summed E-state index contributed by atoms with van der Waals surface area (Å²) >= 11 is 0. The van der Waals surface area contributed by atoms with Gasteiger partial charge in [-0.25, -0.2) is 0 Å². The van der Waals surface area contributed by atoms with Crippen molar-refractivity contribution in [1.29, 1.82) is 0 Å². The van der Waals surface area contributed by atoms with Crippen molar-refractivity contribution in [3.63, 3.8) is 0 Å². The molecule has 1 aromatic rings. The molecule has 0 atom stereocenters. The van der Waals surface area contributed by atoms with Crippen LogP contribution in [0.1, 0.15) is 33.4 Å². The van der Waals surface area contributed by atoms with E-state index in [0.717, 1.165) is 0 Å². The molecule has 1 aromatic carbocycles. The molecule has 0 amide bonds. The van der Waals surface area contributed by atoms with E-state index in [0.29, 0.717) is 0 Å². The topological polar surface area (TPSA) is 9.23 Å². The van der Waals surface area contributed by atoms with Crippen LogP contribution in [0.15, 0.2) is 0 Å². The summed E-state index contributed by atoms with van der Waals surface area (Å²) in [4.78, 5) is 0. The van der Waals surface area contributed by atoms with E-state index >= 15 is 0 Å². The van der Waals surface area contributed by atoms with Crippen LogP contribution in [0.5, 0.6) is 0 Å². The van der Waals surface area contributed by atoms with Gasteiger partial charge in [0, 0.05) is 14.2 Å². The highest BCUT2D eigenvalue weighted by molar-refractivity contribution is 5.48. The van der Waals surface area contributed by atoms with Crippen LogP contribution in [0.2, 0.25) is 0 Å². The van der Waals surface area contributed by atoms with Crippen molar-refractivity contribution in [2.75, 3.05) is 14.2 Å². The minimum Gasteiger partial charge on any atom is -0.388 e. The fourth-order valence-electron chi connectivity index (χ4n) is 1.69. The van der Waals surface area contributed by atoms with Crippen molar-refractivity contribution in [2.45, 2.75) is 41.5 Å². The molecule has 0 aliphatic heterocycles. The van der Waals surface area contributed by atoms with Crippen molar-refractivity contribution in [2.24, 2.45) is 0 Å². The summed E-state index contributed by atoms with van der Waals surface area (Å²) in [7, 11) is 3.25. The predicted octanol–water partition coefficient (Wildman–Crippen LogP) is 3.80. The summed E-state index contributed by atoms with van der Waals surface area (Å²) < 4.78 is 4.25. The molecule has 0 heterocycles. The molecular weight excluding hydrogens is 184 g/mol. The average Bonchev–Trinajstić information content (AvgIpc) is 2.22. The maximum atomic E-state index is 4.25. The largest absolute Gasteiger partial charge is 0.388 e. The molecule has 0 spiro atoms. The number of methoxy groups -OCH3 is 1. The maximum Gasteiger partial charge on any atom is 0.0351 e. The molecule has 1 heteroatoms. The first-order chi connectivity index (χ1) is 6.88. The Labute approximate surface area is 94.5 Å². The van der Waals surface area contributed by atoms with E-state index < -0.39 is 0 Å². The predicted molar refractivity (Wildman–Crippen MR) is 67.8 cm³/mol. The molecule has 1 nitrogen and oxygen atoms in total. The van der Waals surface area contributed by atoms with Gasteiger partial charge < -0.3 is 4.74 Å². The molecule has 0 N–H and O–H groups in total. The molecule has 0 aliphatic carbocycles. The molecule has 86 valence electrons. The number of hydrogen-bond acceptors (Lipinski definition) is 1. The van der Waals surface area contributed by atoms with Crippen molar-refractivity contribution in [1.82, 2.24) is 0 Å². The SMILES string of the molecule is COC.Cc1c(C)c(C)c(C)c(C)c1C. The Kier molecular flexibility index (Phi) is 5.59. The summed E-state index contributed by atoms with van der Waals surface area (Å²) in [6.07, 6.45) is 0. The van der Waals surface area contributed by atoms with Gasteiger partial charge in [-0.05, 0) is 74.9 Å². The zero-order chi connectivity index (χ0) is 12.2. The number of benzene rings is 1. The van der Waals surface area contributed by atoms with Crippen LogP contribution < -0.4 is 0 Å². The zero-order valence-corrected chi connectivity index (χ0v) is 11.4. The Hall–Kier alpha value is -0.820. The summed E-state index contributed by atoms with van der Waals surface area (Å²) in [6.45, 7) is 13.3. The third-order valence-electron chi connectivity index (χ3n) is 3.38. The Morgan fingerprint density at radius 2 is 0.533 bits per heavy atom. The van der Waals surface area contributed by atoms with Crippen molar-refractivity contribution in [3.05, 3.63) is 33.4 Å². The van der Waals surface area contributed by atoms with E-state index in [4.69, 9.17) is 0 Å². The van der Waals surface area contributed by atoms with Crippen LogP contribution in [0.3, 0.4) is 0 Å². The zero-order valence-electron chi connectivity index (χ0n) is 11.4. The van der Waals surface area contributed by atoms with Crippen molar-refractivity contribution >= 4 is 0 Å². The lowest BCUT2D eigenvalue weighted by Gasteiger charge is -2.15. The Balaban J connectivity index is 0.000000583. The normalized spacial score (nSPS) is 9.60. The first-order valence-corrected chi connectivity index (χ1v) is 5.32. The third-order valence-corrected chi connectivity index (χ3v) is 3.38. The second-order valence-corrected chi connectivity index (χ2v) is 4.16. The van der Waals surface area contributed by atoms with Crippen LogP contribution in [-0.2, 0) is 4.74 Å². The van der Waals surface area contributed by atoms with Gasteiger partial charge in [0.1, 0.15) is 0 Å². The minimum absolute atomic E-state index is 1.45. The Morgan fingerprint density at radius 3 is 0.600 bits per heavy atom. The molecule has 0 aromatic heterocycles.